The van der Waals surface area contributed by atoms with E-state index in [2.05, 4.69) is 30.8 Å². The third kappa shape index (κ3) is 0.761. The van der Waals surface area contributed by atoms with Crippen molar-refractivity contribution in [3.8, 4) is 11.6 Å². The lowest BCUT2D eigenvalue weighted by atomic mass is 10.6. The molecule has 0 aliphatic carbocycles. The number of nitrogens with one attached hydrogen (secondary N) is 2. The normalized spacial score (nSPS) is 10.3. The first kappa shape index (κ1) is 6.52. The van der Waals surface area contributed by atoms with E-state index in [1.54, 1.807) is 0 Å². The van der Waals surface area contributed by atoms with E-state index in [1.165, 1.54) is 0 Å². The highest BCUT2D eigenvalue weighted by Crippen LogP contribution is 2.01. The maximum Gasteiger partial charge on any atom is 0.362 e. The molecule has 0 aliphatic heterocycles. The van der Waals surface area contributed by atoms with Crippen LogP contribution in [0.25, 0.3) is 11.6 Å². The number of nitrogens with zero attached hydrogens (tertiary/aromatic N) is 5. The van der Waals surface area contributed by atoms with Crippen LogP contribution in [0.15, 0.2) is 4.79 Å². The van der Waals surface area contributed by atoms with Gasteiger partial charge < -0.3 is 5.84 Å². The Bertz CT molecular complexity index is 421. The number of hydrogen-bond donors (Lipinski definition) is 3. The Morgan fingerprint density at radius 2 is 2.25 bits per heavy atom. The van der Waals surface area contributed by atoms with Gasteiger partial charge in [0.2, 0.25) is 11.6 Å². The first-order valence-corrected chi connectivity index (χ1v) is 2.95. The Hall–Kier alpha value is -2.19. The van der Waals surface area contributed by atoms with Crippen LogP contribution in [0.1, 0.15) is 0 Å². The number of aromatic nitrogens is 7. The second kappa shape index (κ2) is 2.15. The second-order valence-corrected chi connectivity index (χ2v) is 1.96. The van der Waals surface area contributed by atoms with E-state index in [0.717, 1.165) is 4.68 Å². The summed E-state index contributed by atoms with van der Waals surface area (Å²) in [6.45, 7) is 0. The molecular formula is C3H4N8O. The van der Waals surface area contributed by atoms with Gasteiger partial charge in [0.15, 0.2) is 0 Å². The summed E-state index contributed by atoms with van der Waals surface area (Å²) < 4.78 is 0.796. The average molecular weight is 168 g/mol. The third-order valence-corrected chi connectivity index (χ3v) is 1.25. The zero-order chi connectivity index (χ0) is 8.55. The van der Waals surface area contributed by atoms with Crippen LogP contribution in [0.4, 0.5) is 0 Å². The second-order valence-electron chi connectivity index (χ2n) is 1.96. The Morgan fingerprint density at radius 1 is 1.42 bits per heavy atom. The van der Waals surface area contributed by atoms with Gasteiger partial charge in [-0.3, -0.25) is 0 Å². The topological polar surface area (TPSA) is 131 Å². The van der Waals surface area contributed by atoms with Gasteiger partial charge in [-0.2, -0.15) is 9.89 Å². The number of hydrogen-bond acceptors (Lipinski definition) is 6. The van der Waals surface area contributed by atoms with Crippen molar-refractivity contribution in [3.63, 3.8) is 0 Å². The lowest BCUT2D eigenvalue weighted by Gasteiger charge is -1.89. The smallest absolute Gasteiger partial charge is 0.333 e. The molecule has 4 N–H and O–H groups in total. The van der Waals surface area contributed by atoms with Gasteiger partial charge in [-0.25, -0.2) is 9.89 Å². The molecule has 0 saturated carbocycles. The van der Waals surface area contributed by atoms with E-state index < -0.39 is 5.69 Å². The lowest BCUT2D eigenvalue weighted by Crippen LogP contribution is -2.25. The van der Waals surface area contributed by atoms with Gasteiger partial charge in [-0.15, -0.1) is 15.3 Å². The van der Waals surface area contributed by atoms with Crippen molar-refractivity contribution < 1.29 is 0 Å². The van der Waals surface area contributed by atoms with E-state index in [9.17, 15) is 4.79 Å². The molecule has 0 amide bonds. The van der Waals surface area contributed by atoms with Gasteiger partial charge in [0.1, 0.15) is 0 Å². The summed E-state index contributed by atoms with van der Waals surface area (Å²) in [5.74, 6) is 5.58. The molecule has 0 atom stereocenters. The van der Waals surface area contributed by atoms with E-state index in [1.807, 2.05) is 0 Å². The molecule has 0 unspecified atom stereocenters. The van der Waals surface area contributed by atoms with Crippen molar-refractivity contribution in [2.24, 2.45) is 0 Å². The van der Waals surface area contributed by atoms with E-state index in [0.29, 0.717) is 0 Å². The lowest BCUT2D eigenvalue weighted by molar-refractivity contribution is 0.881. The highest BCUT2D eigenvalue weighted by molar-refractivity contribution is 5.40. The molecule has 0 bridgehead atoms. The molecule has 2 aromatic heterocycles. The standard InChI is InChI=1S/C3H4N8O/c4-11-2(7-8-3(11)12)1-5-9-10-6-1/h4H2,(H,8,12)(H,5,6,9,10). The van der Waals surface area contributed by atoms with Gasteiger partial charge in [0.25, 0.3) is 0 Å². The number of tetrazole rings is 1. The quantitative estimate of drug-likeness (QED) is 0.402. The highest BCUT2D eigenvalue weighted by Gasteiger charge is 2.11. The van der Waals surface area contributed by atoms with E-state index in [4.69, 9.17) is 5.84 Å². The van der Waals surface area contributed by atoms with Crippen LogP contribution in [-0.2, 0) is 0 Å². The van der Waals surface area contributed by atoms with Crippen LogP contribution in [0.5, 0.6) is 0 Å². The number of nitrogens with two attached hydrogens (primary N) is 1. The molecule has 62 valence electrons. The van der Waals surface area contributed by atoms with Crippen molar-refractivity contribution in [1.29, 1.82) is 0 Å². The SMILES string of the molecule is Nn1c(-c2nn[nH]n2)n[nH]c1=O. The maximum atomic E-state index is 10.8. The zero-order valence-electron chi connectivity index (χ0n) is 5.72. The van der Waals surface area contributed by atoms with Crippen LogP contribution < -0.4 is 11.5 Å². The molecule has 0 saturated heterocycles. The summed E-state index contributed by atoms with van der Waals surface area (Å²) in [6.07, 6.45) is 0. The molecule has 0 aromatic carbocycles. The molecule has 9 heteroatoms. The fraction of sp³-hybridized carbons (Fsp3) is 0. The van der Waals surface area contributed by atoms with Gasteiger partial charge in [0.05, 0.1) is 0 Å². The third-order valence-electron chi connectivity index (χ3n) is 1.25. The molecular weight excluding hydrogens is 164 g/mol. The van der Waals surface area contributed by atoms with Crippen LogP contribution >= 0.6 is 0 Å². The van der Waals surface area contributed by atoms with Gasteiger partial charge >= 0.3 is 5.69 Å². The zero-order valence-corrected chi connectivity index (χ0v) is 5.72. The number of H-pyrrole nitrogens is 2. The Labute approximate surface area is 64.6 Å². The first-order chi connectivity index (χ1) is 5.79. The van der Waals surface area contributed by atoms with Crippen molar-refractivity contribution in [3.05, 3.63) is 10.5 Å². The molecule has 0 fully saturated rings. The molecule has 12 heavy (non-hydrogen) atoms. The molecule has 9 nitrogen and oxygen atoms in total. The van der Waals surface area contributed by atoms with Crippen LogP contribution in [-0.4, -0.2) is 35.5 Å². The van der Waals surface area contributed by atoms with Gasteiger partial charge in [0, 0.05) is 0 Å². The van der Waals surface area contributed by atoms with Gasteiger partial charge in [-0.05, 0) is 5.21 Å². The average Bonchev–Trinajstić information content (AvgIpc) is 2.64. The van der Waals surface area contributed by atoms with E-state index in [-0.39, 0.29) is 11.6 Å². The molecule has 0 aliphatic rings. The van der Waals surface area contributed by atoms with E-state index >= 15 is 0 Å². The molecule has 0 radical (unpaired) electrons. The monoisotopic (exact) mass is 168 g/mol. The molecule has 0 spiro atoms. The minimum Gasteiger partial charge on any atom is -0.333 e. The summed E-state index contributed by atoms with van der Waals surface area (Å²) in [7, 11) is 0. The molecule has 2 aromatic rings. The summed E-state index contributed by atoms with van der Waals surface area (Å²) in [5, 5.41) is 18.4. The number of nitrogen functional groups attached to an aromatic ring is 1. The minimum absolute atomic E-state index is 0.133. The fourth-order valence-corrected chi connectivity index (χ4v) is 0.719. The molecule has 2 rings (SSSR count). The summed E-state index contributed by atoms with van der Waals surface area (Å²) in [5.41, 5.74) is -0.533. The Morgan fingerprint density at radius 3 is 2.75 bits per heavy atom. The van der Waals surface area contributed by atoms with Crippen LogP contribution in [0, 0.1) is 0 Å². The summed E-state index contributed by atoms with van der Waals surface area (Å²) >= 11 is 0. The Balaban J connectivity index is 2.62. The minimum atomic E-state index is -0.533. The predicted octanol–water partition coefficient (Wildman–Crippen LogP) is -2.53. The number of aromatic amines is 2. The van der Waals surface area contributed by atoms with Crippen molar-refractivity contribution in [2.45, 2.75) is 0 Å². The maximum absolute atomic E-state index is 10.8. The predicted molar refractivity (Wildman–Crippen MR) is 36.2 cm³/mol. The Kier molecular flexibility index (Phi) is 1.17. The number of rotatable bonds is 1. The summed E-state index contributed by atoms with van der Waals surface area (Å²) in [4.78, 5) is 10.8. The largest absolute Gasteiger partial charge is 0.362 e. The fourth-order valence-electron chi connectivity index (χ4n) is 0.719. The summed E-state index contributed by atoms with van der Waals surface area (Å²) in [6, 6.07) is 0. The van der Waals surface area contributed by atoms with Crippen LogP contribution in [0.2, 0.25) is 0 Å². The highest BCUT2D eigenvalue weighted by atomic mass is 16.2. The first-order valence-electron chi connectivity index (χ1n) is 2.95. The van der Waals surface area contributed by atoms with Gasteiger partial charge in [-0.1, -0.05) is 0 Å². The van der Waals surface area contributed by atoms with Crippen LogP contribution in [0.3, 0.4) is 0 Å². The molecule has 2 heterocycles. The van der Waals surface area contributed by atoms with Crippen molar-refractivity contribution >= 4 is 0 Å². The van der Waals surface area contributed by atoms with Crippen molar-refractivity contribution in [1.82, 2.24) is 35.5 Å². The van der Waals surface area contributed by atoms with Crippen molar-refractivity contribution in [2.75, 3.05) is 5.84 Å².